The predicted molar refractivity (Wildman–Crippen MR) is 78.6 cm³/mol. The van der Waals surface area contributed by atoms with Gasteiger partial charge < -0.3 is 11.1 Å². The summed E-state index contributed by atoms with van der Waals surface area (Å²) in [7, 11) is 1.79. The monoisotopic (exact) mass is 266 g/mol. The van der Waals surface area contributed by atoms with Crippen molar-refractivity contribution in [2.24, 2.45) is 5.73 Å². The summed E-state index contributed by atoms with van der Waals surface area (Å²) >= 11 is 1.86. The molecule has 0 heterocycles. The normalized spacial score (nSPS) is 14.1. The smallest absolute Gasteiger partial charge is 0.242 e. The first-order chi connectivity index (χ1) is 8.67. The topological polar surface area (TPSA) is 55.1 Å². The Kier molecular flexibility index (Phi) is 6.22. The minimum absolute atomic E-state index is 0.312. The molecule has 3 N–H and O–H groups in total. The summed E-state index contributed by atoms with van der Waals surface area (Å²) in [5, 5.41) is 3.12. The van der Waals surface area contributed by atoms with E-state index in [0.717, 1.165) is 23.5 Å². The Morgan fingerprint density at radius 1 is 1.33 bits per heavy atom. The Bertz CT molecular complexity index is 369. The van der Waals surface area contributed by atoms with Crippen molar-refractivity contribution < 1.29 is 4.79 Å². The number of carbonyl (C=O) groups excluding carboxylic acids is 1. The Balaban J connectivity index is 2.85. The summed E-state index contributed by atoms with van der Waals surface area (Å²) in [4.78, 5) is 11.9. The molecule has 3 nitrogen and oxygen atoms in total. The molecule has 1 rings (SSSR count). The maximum Gasteiger partial charge on any atom is 0.242 e. The molecule has 0 aromatic heterocycles. The fourth-order valence-corrected chi connectivity index (χ4v) is 2.94. The van der Waals surface area contributed by atoms with Crippen LogP contribution < -0.4 is 11.1 Å². The second-order valence-corrected chi connectivity index (χ2v) is 5.47. The van der Waals surface area contributed by atoms with E-state index < -0.39 is 5.54 Å². The summed E-state index contributed by atoms with van der Waals surface area (Å²) in [5.74, 6) is 1.73. The molecule has 1 unspecified atom stereocenters. The number of thioether (sulfide) groups is 1. The van der Waals surface area contributed by atoms with E-state index in [2.05, 4.69) is 12.2 Å². The molecule has 1 amide bonds. The first kappa shape index (κ1) is 15.1. The first-order valence-corrected chi connectivity index (χ1v) is 7.45. The van der Waals surface area contributed by atoms with Crippen molar-refractivity contribution in [2.45, 2.75) is 25.3 Å². The summed E-state index contributed by atoms with van der Waals surface area (Å²) in [6.45, 7) is 2.16. The lowest BCUT2D eigenvalue weighted by Gasteiger charge is -2.30. The predicted octanol–water partition coefficient (Wildman–Crippen LogP) is 2.12. The van der Waals surface area contributed by atoms with Gasteiger partial charge in [0.1, 0.15) is 5.54 Å². The third-order valence-corrected chi connectivity index (χ3v) is 4.27. The number of primary amides is 1. The molecule has 0 fully saturated rings. The van der Waals surface area contributed by atoms with E-state index in [1.807, 2.05) is 42.1 Å². The summed E-state index contributed by atoms with van der Waals surface area (Å²) in [6, 6.07) is 9.71. The van der Waals surface area contributed by atoms with Gasteiger partial charge in [0.25, 0.3) is 0 Å². The van der Waals surface area contributed by atoms with E-state index in [1.54, 1.807) is 7.05 Å². The van der Waals surface area contributed by atoms with Crippen molar-refractivity contribution >= 4 is 17.7 Å². The Morgan fingerprint density at radius 3 is 2.50 bits per heavy atom. The highest BCUT2D eigenvalue weighted by atomic mass is 32.2. The number of nitrogens with two attached hydrogens (primary N) is 1. The molecule has 100 valence electrons. The average molecular weight is 266 g/mol. The molecule has 0 spiro atoms. The highest BCUT2D eigenvalue weighted by molar-refractivity contribution is 7.99. The van der Waals surface area contributed by atoms with Crippen LogP contribution in [0.2, 0.25) is 0 Å². The van der Waals surface area contributed by atoms with Crippen LogP contribution in [0.5, 0.6) is 0 Å². The van der Waals surface area contributed by atoms with E-state index in [9.17, 15) is 4.79 Å². The van der Waals surface area contributed by atoms with Gasteiger partial charge in [0.15, 0.2) is 0 Å². The molecule has 1 aromatic rings. The lowest BCUT2D eigenvalue weighted by Crippen LogP contribution is -2.51. The molecule has 1 aromatic carbocycles. The van der Waals surface area contributed by atoms with Crippen LogP contribution in [0.25, 0.3) is 0 Å². The quantitative estimate of drug-likeness (QED) is 0.709. The summed E-state index contributed by atoms with van der Waals surface area (Å²) in [6.07, 6.45) is 1.87. The standard InChI is InChI=1S/C14H22N2OS/c1-3-10-18-11-9-14(16-2,13(15)17)12-7-5-4-6-8-12/h4-8,16H,3,9-11H2,1-2H3,(H2,15,17). The van der Waals surface area contributed by atoms with Crippen molar-refractivity contribution in [3.63, 3.8) is 0 Å². The van der Waals surface area contributed by atoms with Gasteiger partial charge in [-0.15, -0.1) is 0 Å². The van der Waals surface area contributed by atoms with Crippen LogP contribution in [0.3, 0.4) is 0 Å². The Morgan fingerprint density at radius 2 is 2.00 bits per heavy atom. The van der Waals surface area contributed by atoms with E-state index in [4.69, 9.17) is 5.73 Å². The Hall–Kier alpha value is -1.00. The number of hydrogen-bond donors (Lipinski definition) is 2. The SMILES string of the molecule is CCCSCCC(NC)(C(N)=O)c1ccccc1. The van der Waals surface area contributed by atoms with Crippen LogP contribution in [-0.4, -0.2) is 24.5 Å². The molecule has 0 aliphatic heterocycles. The molecule has 4 heteroatoms. The number of nitrogens with one attached hydrogen (secondary N) is 1. The minimum Gasteiger partial charge on any atom is -0.368 e. The lowest BCUT2D eigenvalue weighted by molar-refractivity contribution is -0.124. The fourth-order valence-electron chi connectivity index (χ4n) is 2.00. The number of amides is 1. The maximum absolute atomic E-state index is 11.9. The molecular formula is C14H22N2OS. The van der Waals surface area contributed by atoms with Gasteiger partial charge in [-0.05, 0) is 37.0 Å². The number of benzene rings is 1. The van der Waals surface area contributed by atoms with E-state index >= 15 is 0 Å². The molecule has 1 atom stereocenters. The van der Waals surface area contributed by atoms with Crippen LogP contribution >= 0.6 is 11.8 Å². The lowest BCUT2D eigenvalue weighted by atomic mass is 9.86. The van der Waals surface area contributed by atoms with Crippen LogP contribution in [0.1, 0.15) is 25.3 Å². The van der Waals surface area contributed by atoms with Crippen molar-refractivity contribution in [1.82, 2.24) is 5.32 Å². The first-order valence-electron chi connectivity index (χ1n) is 6.29. The van der Waals surface area contributed by atoms with Gasteiger partial charge in [-0.1, -0.05) is 37.3 Å². The second kappa shape index (κ2) is 7.44. The van der Waals surface area contributed by atoms with Crippen LogP contribution in [0, 0.1) is 0 Å². The fraction of sp³-hybridized carbons (Fsp3) is 0.500. The number of hydrogen-bond acceptors (Lipinski definition) is 3. The van der Waals surface area contributed by atoms with Gasteiger partial charge in [-0.2, -0.15) is 11.8 Å². The maximum atomic E-state index is 11.9. The Labute approximate surface area is 114 Å². The molecule has 0 saturated carbocycles. The number of likely N-dealkylation sites (N-methyl/N-ethyl adjacent to an activating group) is 1. The molecule has 0 aliphatic rings. The average Bonchev–Trinajstić information content (AvgIpc) is 2.40. The van der Waals surface area contributed by atoms with Crippen molar-refractivity contribution in [1.29, 1.82) is 0 Å². The molecule has 0 bridgehead atoms. The van der Waals surface area contributed by atoms with Crippen molar-refractivity contribution in [3.05, 3.63) is 35.9 Å². The number of carbonyl (C=O) groups is 1. The molecule has 18 heavy (non-hydrogen) atoms. The van der Waals surface area contributed by atoms with Gasteiger partial charge in [0, 0.05) is 0 Å². The molecule has 0 saturated heterocycles. The van der Waals surface area contributed by atoms with Gasteiger partial charge in [0.2, 0.25) is 5.91 Å². The second-order valence-electron chi connectivity index (χ2n) is 4.25. The van der Waals surface area contributed by atoms with Crippen LogP contribution in [0.4, 0.5) is 0 Å². The third kappa shape index (κ3) is 3.50. The van der Waals surface area contributed by atoms with Crippen LogP contribution in [0.15, 0.2) is 30.3 Å². The highest BCUT2D eigenvalue weighted by Crippen LogP contribution is 2.26. The van der Waals surface area contributed by atoms with Crippen molar-refractivity contribution in [3.8, 4) is 0 Å². The van der Waals surface area contributed by atoms with Gasteiger partial charge in [0.05, 0.1) is 0 Å². The van der Waals surface area contributed by atoms with Gasteiger partial charge in [-0.3, -0.25) is 4.79 Å². The van der Waals surface area contributed by atoms with E-state index in [0.29, 0.717) is 6.42 Å². The molecule has 0 aliphatic carbocycles. The zero-order valence-corrected chi connectivity index (χ0v) is 11.9. The van der Waals surface area contributed by atoms with Gasteiger partial charge >= 0.3 is 0 Å². The zero-order chi connectivity index (χ0) is 13.4. The minimum atomic E-state index is -0.748. The summed E-state index contributed by atoms with van der Waals surface area (Å²) < 4.78 is 0. The summed E-state index contributed by atoms with van der Waals surface area (Å²) in [5.41, 5.74) is 5.81. The van der Waals surface area contributed by atoms with Crippen molar-refractivity contribution in [2.75, 3.05) is 18.6 Å². The number of rotatable bonds is 8. The van der Waals surface area contributed by atoms with Crippen LogP contribution in [-0.2, 0) is 10.3 Å². The zero-order valence-electron chi connectivity index (χ0n) is 11.1. The largest absolute Gasteiger partial charge is 0.368 e. The third-order valence-electron chi connectivity index (χ3n) is 3.08. The molecule has 0 radical (unpaired) electrons. The van der Waals surface area contributed by atoms with E-state index in [1.165, 1.54) is 0 Å². The van der Waals surface area contributed by atoms with E-state index in [-0.39, 0.29) is 5.91 Å². The highest BCUT2D eigenvalue weighted by Gasteiger charge is 2.36. The van der Waals surface area contributed by atoms with Gasteiger partial charge in [-0.25, -0.2) is 0 Å². The molecular weight excluding hydrogens is 244 g/mol.